The summed E-state index contributed by atoms with van der Waals surface area (Å²) in [4.78, 5) is 12.8. The van der Waals surface area contributed by atoms with Crippen LogP contribution < -0.4 is 5.32 Å². The molecule has 1 aromatic rings. The van der Waals surface area contributed by atoms with Crippen LogP contribution in [0.1, 0.15) is 38.3 Å². The molecule has 1 saturated heterocycles. The van der Waals surface area contributed by atoms with E-state index in [1.165, 1.54) is 12.8 Å². The maximum atomic E-state index is 10.7. The van der Waals surface area contributed by atoms with Gasteiger partial charge in [0.2, 0.25) is 0 Å². The van der Waals surface area contributed by atoms with Crippen molar-refractivity contribution in [3.05, 3.63) is 39.9 Å². The summed E-state index contributed by atoms with van der Waals surface area (Å²) in [5.74, 6) is 0.783. The summed E-state index contributed by atoms with van der Waals surface area (Å²) in [6, 6.07) is 7.29. The minimum Gasteiger partial charge on any atom is -0.317 e. The summed E-state index contributed by atoms with van der Waals surface area (Å²) in [5, 5.41) is 14.1. The molecule has 1 unspecified atom stereocenters. The summed E-state index contributed by atoms with van der Waals surface area (Å²) >= 11 is 0. The first-order valence-electron chi connectivity index (χ1n) is 7.81. The van der Waals surface area contributed by atoms with Gasteiger partial charge in [0.1, 0.15) is 0 Å². The number of piperidine rings is 1. The van der Waals surface area contributed by atoms with Crippen LogP contribution in [0.3, 0.4) is 0 Å². The van der Waals surface area contributed by atoms with Gasteiger partial charge >= 0.3 is 0 Å². The lowest BCUT2D eigenvalue weighted by atomic mass is 9.94. The Morgan fingerprint density at radius 3 is 2.48 bits per heavy atom. The van der Waals surface area contributed by atoms with E-state index < -0.39 is 0 Å². The van der Waals surface area contributed by atoms with Gasteiger partial charge in [0, 0.05) is 18.2 Å². The van der Waals surface area contributed by atoms with Crippen molar-refractivity contribution in [2.75, 3.05) is 26.2 Å². The predicted octanol–water partition coefficient (Wildman–Crippen LogP) is 2.98. The molecule has 0 amide bonds. The zero-order valence-corrected chi connectivity index (χ0v) is 12.9. The Bertz CT molecular complexity index is 453. The number of benzene rings is 1. The SMILES string of the molecule is CCNCC1CCN(C(C)c2ccc([N+](=O)[O-])cc2)CC1. The van der Waals surface area contributed by atoms with E-state index in [1.807, 2.05) is 12.1 Å². The highest BCUT2D eigenvalue weighted by atomic mass is 16.6. The summed E-state index contributed by atoms with van der Waals surface area (Å²) in [7, 11) is 0. The van der Waals surface area contributed by atoms with E-state index in [0.717, 1.165) is 37.7 Å². The molecule has 1 aliphatic heterocycles. The lowest BCUT2D eigenvalue weighted by Gasteiger charge is -2.36. The minimum absolute atomic E-state index is 0.162. The average molecular weight is 291 g/mol. The minimum atomic E-state index is -0.347. The first kappa shape index (κ1) is 15.9. The summed E-state index contributed by atoms with van der Waals surface area (Å²) in [6.45, 7) is 8.70. The number of nitrogens with zero attached hydrogens (tertiary/aromatic N) is 2. The largest absolute Gasteiger partial charge is 0.317 e. The Labute approximate surface area is 126 Å². The number of hydrogen-bond donors (Lipinski definition) is 1. The molecular formula is C16H25N3O2. The van der Waals surface area contributed by atoms with E-state index in [4.69, 9.17) is 0 Å². The zero-order valence-electron chi connectivity index (χ0n) is 12.9. The third-order valence-electron chi connectivity index (χ3n) is 4.47. The van der Waals surface area contributed by atoms with Crippen LogP contribution in [0.5, 0.6) is 0 Å². The van der Waals surface area contributed by atoms with Crippen molar-refractivity contribution in [2.45, 2.75) is 32.7 Å². The molecule has 1 heterocycles. The van der Waals surface area contributed by atoms with Gasteiger partial charge in [-0.05, 0) is 57.4 Å². The van der Waals surface area contributed by atoms with Crippen molar-refractivity contribution in [3.63, 3.8) is 0 Å². The Morgan fingerprint density at radius 2 is 1.95 bits per heavy atom. The molecule has 1 aliphatic rings. The van der Waals surface area contributed by atoms with Gasteiger partial charge in [-0.2, -0.15) is 0 Å². The molecule has 1 atom stereocenters. The fourth-order valence-corrected chi connectivity index (χ4v) is 2.98. The Hall–Kier alpha value is -1.46. The van der Waals surface area contributed by atoms with E-state index in [0.29, 0.717) is 6.04 Å². The van der Waals surface area contributed by atoms with Gasteiger partial charge in [0.15, 0.2) is 0 Å². The summed E-state index contributed by atoms with van der Waals surface area (Å²) in [6.07, 6.45) is 2.45. The highest BCUT2D eigenvalue weighted by molar-refractivity contribution is 5.34. The van der Waals surface area contributed by atoms with Crippen molar-refractivity contribution in [3.8, 4) is 0 Å². The van der Waals surface area contributed by atoms with E-state index in [9.17, 15) is 10.1 Å². The molecule has 0 bridgehead atoms. The first-order chi connectivity index (χ1) is 10.1. The Balaban J connectivity index is 1.89. The molecule has 5 heteroatoms. The zero-order chi connectivity index (χ0) is 15.2. The Morgan fingerprint density at radius 1 is 1.33 bits per heavy atom. The van der Waals surface area contributed by atoms with Gasteiger partial charge in [-0.15, -0.1) is 0 Å². The molecule has 1 N–H and O–H groups in total. The predicted molar refractivity (Wildman–Crippen MR) is 84.4 cm³/mol. The molecule has 0 saturated carbocycles. The standard InChI is InChI=1S/C16H25N3O2/c1-3-17-12-14-8-10-18(11-9-14)13(2)15-4-6-16(7-5-15)19(20)21/h4-7,13-14,17H,3,8-12H2,1-2H3. The van der Waals surface area contributed by atoms with Crippen LogP contribution in [0.4, 0.5) is 5.69 Å². The van der Waals surface area contributed by atoms with Crippen LogP contribution in [0.15, 0.2) is 24.3 Å². The molecule has 0 aliphatic carbocycles. The lowest BCUT2D eigenvalue weighted by Crippen LogP contribution is -2.38. The van der Waals surface area contributed by atoms with Gasteiger partial charge in [-0.3, -0.25) is 15.0 Å². The van der Waals surface area contributed by atoms with Gasteiger partial charge in [-0.1, -0.05) is 19.1 Å². The van der Waals surface area contributed by atoms with Gasteiger partial charge in [-0.25, -0.2) is 0 Å². The number of nitro groups is 1. The monoisotopic (exact) mass is 291 g/mol. The molecule has 5 nitrogen and oxygen atoms in total. The lowest BCUT2D eigenvalue weighted by molar-refractivity contribution is -0.384. The van der Waals surface area contributed by atoms with Crippen LogP contribution in [-0.4, -0.2) is 36.0 Å². The maximum Gasteiger partial charge on any atom is 0.269 e. The van der Waals surface area contributed by atoms with Gasteiger partial charge in [0.05, 0.1) is 4.92 Å². The topological polar surface area (TPSA) is 58.4 Å². The van der Waals surface area contributed by atoms with Crippen LogP contribution in [0, 0.1) is 16.0 Å². The van der Waals surface area contributed by atoms with Crippen molar-refractivity contribution in [2.24, 2.45) is 5.92 Å². The molecule has 116 valence electrons. The molecule has 21 heavy (non-hydrogen) atoms. The number of likely N-dealkylation sites (tertiary alicyclic amines) is 1. The molecular weight excluding hydrogens is 266 g/mol. The fraction of sp³-hybridized carbons (Fsp3) is 0.625. The van der Waals surface area contributed by atoms with Gasteiger partial charge < -0.3 is 5.32 Å². The van der Waals surface area contributed by atoms with E-state index in [1.54, 1.807) is 12.1 Å². The van der Waals surface area contributed by atoms with Crippen molar-refractivity contribution < 1.29 is 4.92 Å². The second-order valence-electron chi connectivity index (χ2n) is 5.81. The van der Waals surface area contributed by atoms with Crippen molar-refractivity contribution in [1.82, 2.24) is 10.2 Å². The second-order valence-corrected chi connectivity index (χ2v) is 5.81. The van der Waals surface area contributed by atoms with Crippen LogP contribution in [0.2, 0.25) is 0 Å². The van der Waals surface area contributed by atoms with Crippen molar-refractivity contribution in [1.29, 1.82) is 0 Å². The van der Waals surface area contributed by atoms with E-state index in [2.05, 4.69) is 24.1 Å². The van der Waals surface area contributed by atoms with Crippen LogP contribution >= 0.6 is 0 Å². The highest BCUT2D eigenvalue weighted by Gasteiger charge is 2.23. The normalized spacial score (nSPS) is 18.6. The number of nitrogens with one attached hydrogen (secondary N) is 1. The third kappa shape index (κ3) is 4.25. The van der Waals surface area contributed by atoms with E-state index >= 15 is 0 Å². The second kappa shape index (κ2) is 7.52. The van der Waals surface area contributed by atoms with Crippen molar-refractivity contribution >= 4 is 5.69 Å². The fourth-order valence-electron chi connectivity index (χ4n) is 2.98. The first-order valence-corrected chi connectivity index (χ1v) is 7.81. The number of nitro benzene ring substituents is 1. The highest BCUT2D eigenvalue weighted by Crippen LogP contribution is 2.27. The molecule has 0 spiro atoms. The van der Waals surface area contributed by atoms with E-state index in [-0.39, 0.29) is 10.6 Å². The van der Waals surface area contributed by atoms with Crippen LogP contribution in [0.25, 0.3) is 0 Å². The molecule has 1 aromatic carbocycles. The molecule has 0 radical (unpaired) electrons. The number of non-ortho nitro benzene ring substituents is 1. The average Bonchev–Trinajstić information content (AvgIpc) is 2.53. The molecule has 0 aromatic heterocycles. The summed E-state index contributed by atoms with van der Waals surface area (Å²) < 4.78 is 0. The summed E-state index contributed by atoms with van der Waals surface area (Å²) in [5.41, 5.74) is 1.32. The Kier molecular flexibility index (Phi) is 5.70. The number of hydrogen-bond acceptors (Lipinski definition) is 4. The maximum absolute atomic E-state index is 10.7. The number of rotatable bonds is 6. The smallest absolute Gasteiger partial charge is 0.269 e. The quantitative estimate of drug-likeness (QED) is 0.646. The third-order valence-corrected chi connectivity index (χ3v) is 4.47. The van der Waals surface area contributed by atoms with Gasteiger partial charge in [0.25, 0.3) is 5.69 Å². The molecule has 1 fully saturated rings. The molecule has 2 rings (SSSR count). The van der Waals surface area contributed by atoms with Crippen LogP contribution in [-0.2, 0) is 0 Å².